The summed E-state index contributed by atoms with van der Waals surface area (Å²) in [5.41, 5.74) is -0.0806. The monoisotopic (exact) mass is 426 g/mol. The van der Waals surface area contributed by atoms with Crippen LogP contribution in [0.2, 0.25) is 0 Å². The summed E-state index contributed by atoms with van der Waals surface area (Å²) in [5.74, 6) is 0.185. The lowest BCUT2D eigenvalue weighted by molar-refractivity contribution is -0.870. The molecular weight excluding hydrogens is 403 g/mol. The molecule has 0 aromatic heterocycles. The van der Waals surface area contributed by atoms with Gasteiger partial charge in [0.25, 0.3) is 5.69 Å². The normalized spacial score (nSPS) is 13.9. The Balaban J connectivity index is 0.00000529. The van der Waals surface area contributed by atoms with Crippen molar-refractivity contribution in [2.24, 2.45) is 0 Å². The quantitative estimate of drug-likeness (QED) is 0.243. The molecule has 1 aromatic carbocycles. The maximum absolute atomic E-state index is 12.7. The number of nitrogens with zero attached hydrogens (tertiary/aromatic N) is 2. The number of hydrogen-bond acceptors (Lipinski definition) is 6. The number of halogens is 1. The van der Waals surface area contributed by atoms with E-state index in [0.717, 1.165) is 0 Å². The third-order valence-electron chi connectivity index (χ3n) is 2.62. The van der Waals surface area contributed by atoms with Gasteiger partial charge in [0.15, 0.2) is 0 Å². The smallest absolute Gasteiger partial charge is 0.530 e. The number of hydrogen-bond donors (Lipinski definition) is 0. The van der Waals surface area contributed by atoms with E-state index in [0.29, 0.717) is 11.0 Å². The zero-order chi connectivity index (χ0) is 17.7. The Bertz CT molecular complexity index is 574. The number of benzene rings is 1. The minimum Gasteiger partial charge on any atom is -1.00 e. The van der Waals surface area contributed by atoms with Gasteiger partial charge in [-0.3, -0.25) is 19.2 Å². The van der Waals surface area contributed by atoms with Gasteiger partial charge in [-0.05, 0) is 26.0 Å². The second-order valence-corrected chi connectivity index (χ2v) is 7.84. The second kappa shape index (κ2) is 9.48. The van der Waals surface area contributed by atoms with Crippen molar-refractivity contribution in [3.05, 3.63) is 34.4 Å². The van der Waals surface area contributed by atoms with Gasteiger partial charge >= 0.3 is 7.82 Å². The van der Waals surface area contributed by atoms with Crippen LogP contribution in [0.25, 0.3) is 0 Å². The van der Waals surface area contributed by atoms with Crippen molar-refractivity contribution >= 4 is 13.5 Å². The Labute approximate surface area is 152 Å². The average molecular weight is 427 g/mol. The topological polar surface area (TPSA) is 87.9 Å². The number of phosphoric acid groups is 1. The zero-order valence-electron chi connectivity index (χ0n) is 14.5. The SMILES string of the molecule is CC(C)OP(=O)(OCC[N+](C)(C)C)Oc1ccc([N+](=O)[O-])cc1.[Br-]. The summed E-state index contributed by atoms with van der Waals surface area (Å²) in [7, 11) is 2.14. The van der Waals surface area contributed by atoms with E-state index in [-0.39, 0.29) is 41.1 Å². The standard InChI is InChI=1S/C14H24N2O6P.BrH/c1-12(2)21-23(19,20-11-10-16(3,4)5)22-14-8-6-13(7-9-14)15(17)18;/h6-9,12H,10-11H2,1-5H3;1H/q+1;/p-1. The first-order chi connectivity index (χ1) is 10.5. The van der Waals surface area contributed by atoms with Crippen LogP contribution in [0.3, 0.4) is 0 Å². The van der Waals surface area contributed by atoms with Crippen LogP contribution < -0.4 is 21.5 Å². The molecule has 0 heterocycles. The van der Waals surface area contributed by atoms with Gasteiger partial charge in [-0.1, -0.05) is 0 Å². The molecule has 0 spiro atoms. The lowest BCUT2D eigenvalue weighted by atomic mass is 10.3. The van der Waals surface area contributed by atoms with Crippen LogP contribution in [0.4, 0.5) is 5.69 Å². The van der Waals surface area contributed by atoms with Gasteiger partial charge in [0, 0.05) is 12.1 Å². The number of non-ortho nitro benzene ring substituents is 1. The molecule has 0 aliphatic carbocycles. The number of nitro groups is 1. The van der Waals surface area contributed by atoms with E-state index in [1.807, 2.05) is 21.1 Å². The second-order valence-electron chi connectivity index (χ2n) is 6.29. The third-order valence-corrected chi connectivity index (χ3v) is 4.23. The minimum atomic E-state index is -3.80. The molecule has 8 nitrogen and oxygen atoms in total. The zero-order valence-corrected chi connectivity index (χ0v) is 17.0. The molecule has 0 aliphatic rings. The highest BCUT2D eigenvalue weighted by Crippen LogP contribution is 2.50. The van der Waals surface area contributed by atoms with Crippen LogP contribution in [-0.2, 0) is 13.6 Å². The molecule has 0 fully saturated rings. The van der Waals surface area contributed by atoms with Crippen LogP contribution in [0.5, 0.6) is 5.75 Å². The molecule has 10 heteroatoms. The van der Waals surface area contributed by atoms with Gasteiger partial charge < -0.3 is 26.0 Å². The predicted molar refractivity (Wildman–Crippen MR) is 86.4 cm³/mol. The molecule has 24 heavy (non-hydrogen) atoms. The van der Waals surface area contributed by atoms with E-state index in [1.165, 1.54) is 24.3 Å². The summed E-state index contributed by atoms with van der Waals surface area (Å²) < 4.78 is 29.3. The van der Waals surface area contributed by atoms with E-state index >= 15 is 0 Å². The fourth-order valence-corrected chi connectivity index (χ4v) is 2.88. The Morgan fingerprint density at radius 1 is 1.21 bits per heavy atom. The molecule has 138 valence electrons. The maximum Gasteiger partial charge on any atom is 0.530 e. The lowest BCUT2D eigenvalue weighted by Gasteiger charge is -2.25. The summed E-state index contributed by atoms with van der Waals surface area (Å²) >= 11 is 0. The minimum absolute atomic E-state index is 0. The number of nitro benzene ring substituents is 1. The first kappa shape index (κ1) is 23.0. The molecule has 0 N–H and O–H groups in total. The van der Waals surface area contributed by atoms with E-state index in [4.69, 9.17) is 13.6 Å². The van der Waals surface area contributed by atoms with Crippen LogP contribution in [-0.4, -0.2) is 49.8 Å². The van der Waals surface area contributed by atoms with Crippen molar-refractivity contribution < 1.29 is 44.5 Å². The molecule has 0 amide bonds. The van der Waals surface area contributed by atoms with Crippen molar-refractivity contribution in [1.82, 2.24) is 0 Å². The highest BCUT2D eigenvalue weighted by molar-refractivity contribution is 7.48. The summed E-state index contributed by atoms with van der Waals surface area (Å²) in [6.45, 7) is 4.25. The van der Waals surface area contributed by atoms with Crippen LogP contribution in [0, 0.1) is 10.1 Å². The Hall–Kier alpha value is -0.990. The molecule has 1 aromatic rings. The number of quaternary nitrogens is 1. The van der Waals surface area contributed by atoms with Gasteiger partial charge in [0.05, 0.1) is 32.2 Å². The van der Waals surface area contributed by atoms with Crippen molar-refractivity contribution in [2.75, 3.05) is 34.3 Å². The molecule has 0 radical (unpaired) electrons. The largest absolute Gasteiger partial charge is 1.00 e. The third kappa shape index (κ3) is 8.75. The predicted octanol–water partition coefficient (Wildman–Crippen LogP) is 0.234. The number of likely N-dealkylation sites (N-methyl/N-ethyl adjacent to an activating group) is 1. The number of rotatable bonds is 9. The van der Waals surface area contributed by atoms with E-state index in [9.17, 15) is 14.7 Å². The molecule has 0 bridgehead atoms. The highest BCUT2D eigenvalue weighted by atomic mass is 79.9. The van der Waals surface area contributed by atoms with Crippen molar-refractivity contribution in [1.29, 1.82) is 0 Å². The molecule has 0 saturated heterocycles. The lowest BCUT2D eigenvalue weighted by Crippen LogP contribution is -3.00. The van der Waals surface area contributed by atoms with Crippen LogP contribution in [0.15, 0.2) is 24.3 Å². The molecule has 1 rings (SSSR count). The Morgan fingerprint density at radius 3 is 2.17 bits per heavy atom. The van der Waals surface area contributed by atoms with Gasteiger partial charge in [-0.15, -0.1) is 0 Å². The summed E-state index contributed by atoms with van der Waals surface area (Å²) in [4.78, 5) is 10.1. The highest BCUT2D eigenvalue weighted by Gasteiger charge is 2.31. The van der Waals surface area contributed by atoms with Crippen molar-refractivity contribution in [2.45, 2.75) is 20.0 Å². The molecule has 0 saturated carbocycles. The molecular formula is C14H24BrN2O6P. The summed E-state index contributed by atoms with van der Waals surface area (Å²) in [6, 6.07) is 5.25. The molecule has 0 aliphatic heterocycles. The van der Waals surface area contributed by atoms with Crippen molar-refractivity contribution in [3.8, 4) is 5.75 Å². The summed E-state index contributed by atoms with van der Waals surface area (Å²) in [6.07, 6.45) is -0.358. The molecule has 1 atom stereocenters. The molecule has 1 unspecified atom stereocenters. The fraction of sp³-hybridized carbons (Fsp3) is 0.571. The summed E-state index contributed by atoms with van der Waals surface area (Å²) in [5, 5.41) is 10.6. The first-order valence-corrected chi connectivity index (χ1v) is 8.64. The van der Waals surface area contributed by atoms with Gasteiger partial charge in [0.1, 0.15) is 18.9 Å². The maximum atomic E-state index is 12.7. The van der Waals surface area contributed by atoms with Gasteiger partial charge in [0.2, 0.25) is 0 Å². The fourth-order valence-electron chi connectivity index (χ4n) is 1.52. The van der Waals surface area contributed by atoms with Crippen LogP contribution >= 0.6 is 7.82 Å². The van der Waals surface area contributed by atoms with Gasteiger partial charge in [-0.2, -0.15) is 0 Å². The van der Waals surface area contributed by atoms with E-state index < -0.39 is 12.7 Å². The van der Waals surface area contributed by atoms with Crippen LogP contribution in [0.1, 0.15) is 13.8 Å². The first-order valence-electron chi connectivity index (χ1n) is 7.18. The Morgan fingerprint density at radius 2 is 1.75 bits per heavy atom. The van der Waals surface area contributed by atoms with E-state index in [1.54, 1.807) is 13.8 Å². The average Bonchev–Trinajstić information content (AvgIpc) is 2.36. The van der Waals surface area contributed by atoms with Crippen molar-refractivity contribution in [3.63, 3.8) is 0 Å². The van der Waals surface area contributed by atoms with Gasteiger partial charge in [-0.25, -0.2) is 4.57 Å². The Kier molecular flexibility index (Phi) is 9.09. The van der Waals surface area contributed by atoms with E-state index in [2.05, 4.69) is 0 Å². The number of phosphoric ester groups is 1.